The third-order valence-electron chi connectivity index (χ3n) is 7.54. The zero-order valence-electron chi connectivity index (χ0n) is 31.7. The van der Waals surface area contributed by atoms with Gasteiger partial charge in [0.25, 0.3) is 17.1 Å². The van der Waals surface area contributed by atoms with Gasteiger partial charge in [0.15, 0.2) is 17.1 Å². The fraction of sp³-hybridized carbons (Fsp3) is 0.286. The lowest BCUT2D eigenvalue weighted by Gasteiger charge is -2.14. The van der Waals surface area contributed by atoms with Crippen LogP contribution in [0.5, 0.6) is 17.2 Å². The van der Waals surface area contributed by atoms with E-state index < -0.39 is 38.2 Å². The number of anilines is 3. The minimum absolute atomic E-state index is 0. The summed E-state index contributed by atoms with van der Waals surface area (Å²) >= 11 is 0. The van der Waals surface area contributed by atoms with E-state index >= 15 is 0 Å². The number of nitrogens with two attached hydrogens (primary N) is 4. The molecule has 0 aliphatic heterocycles. The number of carbonyl (C=O) groups is 3. The van der Waals surface area contributed by atoms with Gasteiger partial charge in [-0.05, 0) is 24.6 Å². The number of unbranched alkanes of at least 4 members (excludes halogenated alkanes) is 1. The molecule has 11 N–H and O–H groups in total. The van der Waals surface area contributed by atoms with Crippen molar-refractivity contribution in [2.75, 3.05) is 63.0 Å². The van der Waals surface area contributed by atoms with Gasteiger partial charge in [-0.25, -0.2) is 0 Å². The van der Waals surface area contributed by atoms with E-state index in [-0.39, 0.29) is 87.9 Å². The van der Waals surface area contributed by atoms with E-state index in [1.165, 1.54) is 32.4 Å². The molecule has 0 aliphatic carbocycles. The van der Waals surface area contributed by atoms with Crippen LogP contribution in [0.1, 0.15) is 50.8 Å². The predicted octanol–water partition coefficient (Wildman–Crippen LogP) is 4.02. The first-order valence-electron chi connectivity index (χ1n) is 16.9. The maximum Gasteiger partial charge on any atom is 0.296 e. The number of nitrogens with zero attached hydrogens (tertiary/aromatic N) is 3. The monoisotopic (exact) mass is 832 g/mol. The van der Waals surface area contributed by atoms with Crippen molar-refractivity contribution in [2.24, 2.45) is 22.9 Å². The van der Waals surface area contributed by atoms with Crippen molar-refractivity contribution in [2.45, 2.75) is 19.8 Å². The number of hydrogen-bond acceptors (Lipinski definition) is 16. The fourth-order valence-corrected chi connectivity index (χ4v) is 4.79. The quantitative estimate of drug-likeness (QED) is 0.0325. The number of amides is 3. The molecule has 0 aromatic heterocycles. The summed E-state index contributed by atoms with van der Waals surface area (Å²) in [4.78, 5) is 66.5. The molecule has 0 saturated heterocycles. The molecular weight excluding hydrogens is 788 g/mol. The Kier molecular flexibility index (Phi) is 20.5. The van der Waals surface area contributed by atoms with Crippen LogP contribution in [0, 0.1) is 30.3 Å². The van der Waals surface area contributed by atoms with Crippen LogP contribution in [-0.2, 0) is 0 Å². The van der Waals surface area contributed by atoms with Crippen LogP contribution in [0.2, 0.25) is 0 Å². The number of halogens is 1. The van der Waals surface area contributed by atoms with Gasteiger partial charge in [-0.3, -0.25) is 44.7 Å². The summed E-state index contributed by atoms with van der Waals surface area (Å²) in [7, 11) is 2.65. The first-order valence-corrected chi connectivity index (χ1v) is 16.9. The molecule has 314 valence electrons. The highest BCUT2D eigenvalue weighted by atomic mass is 35.5. The fourth-order valence-electron chi connectivity index (χ4n) is 4.79. The molecule has 3 rings (SSSR count). The SMILES string of the molecule is CCCCOc1cc(C(N)=O)cc([N+](=O)[O-])c1NC/C=C/CNc1c(OC)cc(C(N)=O)cc1[N+](=O)[O-].COc1cc(C(N)=O)cc([N+](=O)[O-])c1NC/C=C/CN.Cl. The maximum absolute atomic E-state index is 11.6. The van der Waals surface area contributed by atoms with Crippen LogP contribution in [-0.4, -0.2) is 79.5 Å². The van der Waals surface area contributed by atoms with Crippen LogP contribution in [0.4, 0.5) is 34.1 Å². The van der Waals surface area contributed by atoms with Gasteiger partial charge in [0.1, 0.15) is 17.2 Å². The van der Waals surface area contributed by atoms with Crippen LogP contribution >= 0.6 is 12.4 Å². The molecule has 22 nitrogen and oxygen atoms in total. The molecule has 0 saturated carbocycles. The Morgan fingerprint density at radius 3 is 1.24 bits per heavy atom. The molecule has 3 aromatic rings. The summed E-state index contributed by atoms with van der Waals surface area (Å²) in [5, 5.41) is 42.8. The summed E-state index contributed by atoms with van der Waals surface area (Å²) in [6.45, 7) is 3.21. The molecular formula is C35H45ClN10O12. The Balaban J connectivity index is 0.000000677. The maximum atomic E-state index is 11.6. The van der Waals surface area contributed by atoms with Gasteiger partial charge >= 0.3 is 0 Å². The first-order chi connectivity index (χ1) is 27.1. The van der Waals surface area contributed by atoms with Crippen LogP contribution in [0.25, 0.3) is 0 Å². The van der Waals surface area contributed by atoms with E-state index in [0.717, 1.165) is 24.6 Å². The van der Waals surface area contributed by atoms with Crippen molar-refractivity contribution < 1.29 is 43.4 Å². The molecule has 23 heteroatoms. The highest BCUT2D eigenvalue weighted by Crippen LogP contribution is 2.38. The van der Waals surface area contributed by atoms with E-state index in [2.05, 4.69) is 16.0 Å². The van der Waals surface area contributed by atoms with Gasteiger partial charge in [-0.15, -0.1) is 12.4 Å². The van der Waals surface area contributed by atoms with Crippen molar-refractivity contribution in [3.8, 4) is 17.2 Å². The molecule has 58 heavy (non-hydrogen) atoms. The minimum Gasteiger partial charge on any atom is -0.494 e. The van der Waals surface area contributed by atoms with Gasteiger partial charge in [0, 0.05) is 61.1 Å². The molecule has 0 spiro atoms. The molecule has 0 bridgehead atoms. The van der Waals surface area contributed by atoms with Gasteiger partial charge < -0.3 is 53.1 Å². The van der Waals surface area contributed by atoms with Gasteiger partial charge in [-0.2, -0.15) is 0 Å². The van der Waals surface area contributed by atoms with Crippen molar-refractivity contribution in [3.63, 3.8) is 0 Å². The third kappa shape index (κ3) is 14.1. The standard InChI is InChI=1S/C23H28N6O8.C12H16N4O4.ClH/c1-3-4-9-37-19-13-15(23(25)31)11-17(29(34)35)21(19)27-8-6-5-7-26-20-16(28(32)33)10-14(22(24)30)12-18(20)36-2;1-20-10-7-8(12(14)17)6-9(16(18)19)11(10)15-5-3-2-4-13;/h5-6,10-13,26-27H,3-4,7-9H2,1-2H3,(H2,24,30)(H2,25,31);2-3,6-7,15H,4-5,13H2,1H3,(H2,14,17);1H/b6-5+;3-2+;. The lowest BCUT2D eigenvalue weighted by atomic mass is 10.1. The minimum atomic E-state index is -0.838. The number of ether oxygens (including phenoxy) is 3. The Morgan fingerprint density at radius 1 is 0.621 bits per heavy atom. The second kappa shape index (κ2) is 24.3. The molecule has 0 fully saturated rings. The van der Waals surface area contributed by atoms with Crippen LogP contribution in [0.3, 0.4) is 0 Å². The predicted molar refractivity (Wildman–Crippen MR) is 218 cm³/mol. The number of carbonyl (C=O) groups excluding carboxylic acids is 3. The largest absolute Gasteiger partial charge is 0.494 e. The van der Waals surface area contributed by atoms with Gasteiger partial charge in [0.2, 0.25) is 17.7 Å². The number of primary amides is 3. The Hall–Kier alpha value is -7.20. The van der Waals surface area contributed by atoms with Gasteiger partial charge in [0.05, 0.1) is 35.6 Å². The van der Waals surface area contributed by atoms with Crippen molar-refractivity contribution in [1.82, 2.24) is 0 Å². The van der Waals surface area contributed by atoms with E-state index in [0.29, 0.717) is 26.1 Å². The number of methoxy groups -OCH3 is 2. The third-order valence-corrected chi connectivity index (χ3v) is 7.54. The first kappa shape index (κ1) is 48.8. The Morgan fingerprint density at radius 2 is 0.948 bits per heavy atom. The number of hydrogen-bond donors (Lipinski definition) is 7. The number of rotatable bonds is 22. The van der Waals surface area contributed by atoms with Crippen molar-refractivity contribution in [3.05, 3.63) is 108 Å². The zero-order valence-corrected chi connectivity index (χ0v) is 32.5. The lowest BCUT2D eigenvalue weighted by Crippen LogP contribution is -2.14. The molecule has 3 aromatic carbocycles. The molecule has 0 atom stereocenters. The summed E-state index contributed by atoms with van der Waals surface area (Å²) in [5.74, 6) is -2.06. The van der Waals surface area contributed by atoms with E-state index in [4.69, 9.17) is 37.1 Å². The van der Waals surface area contributed by atoms with Crippen LogP contribution in [0.15, 0.2) is 60.7 Å². The topological polar surface area (TPSA) is 348 Å². The number of nitrogens with one attached hydrogen (secondary N) is 3. The summed E-state index contributed by atoms with van der Waals surface area (Å²) in [6.07, 6.45) is 8.23. The molecule has 3 amide bonds. The normalized spacial score (nSPS) is 10.4. The van der Waals surface area contributed by atoms with Crippen molar-refractivity contribution in [1.29, 1.82) is 0 Å². The zero-order chi connectivity index (χ0) is 42.7. The van der Waals surface area contributed by atoms with Crippen molar-refractivity contribution >= 4 is 64.3 Å². The number of benzene rings is 3. The highest BCUT2D eigenvalue weighted by molar-refractivity contribution is 5.97. The Bertz CT molecular complexity index is 2030. The highest BCUT2D eigenvalue weighted by Gasteiger charge is 2.24. The van der Waals surface area contributed by atoms with Crippen LogP contribution < -0.4 is 53.1 Å². The van der Waals surface area contributed by atoms with E-state index in [9.17, 15) is 44.7 Å². The smallest absolute Gasteiger partial charge is 0.296 e. The molecule has 0 unspecified atom stereocenters. The molecule has 0 radical (unpaired) electrons. The van der Waals surface area contributed by atoms with Gasteiger partial charge in [-0.1, -0.05) is 37.6 Å². The Labute approximate surface area is 337 Å². The summed E-state index contributed by atoms with van der Waals surface area (Å²) in [6, 6.07) is 7.22. The average molecular weight is 833 g/mol. The van der Waals surface area contributed by atoms with E-state index in [1.54, 1.807) is 24.3 Å². The summed E-state index contributed by atoms with van der Waals surface area (Å²) < 4.78 is 15.9. The van der Waals surface area contributed by atoms with E-state index in [1.807, 2.05) is 6.92 Å². The second-order valence-electron chi connectivity index (χ2n) is 11.4. The molecule has 0 aliphatic rings. The number of nitro benzene ring substituents is 3. The number of nitro groups is 3. The second-order valence-corrected chi connectivity index (χ2v) is 11.4. The summed E-state index contributed by atoms with van der Waals surface area (Å²) in [5.41, 5.74) is 20.1. The average Bonchev–Trinajstić information content (AvgIpc) is 3.17. The lowest BCUT2D eigenvalue weighted by molar-refractivity contribution is -0.384. The molecule has 0 heterocycles.